The van der Waals surface area contributed by atoms with Crippen LogP contribution in [0.15, 0.2) is 0 Å². The third kappa shape index (κ3) is 5.70. The van der Waals surface area contributed by atoms with Gasteiger partial charge in [0.15, 0.2) is 0 Å². The van der Waals surface area contributed by atoms with Gasteiger partial charge in [-0.15, -0.1) is 0 Å². The monoisotopic (exact) mass is 230 g/mol. The van der Waals surface area contributed by atoms with Crippen molar-refractivity contribution in [1.29, 1.82) is 0 Å². The molecule has 0 heterocycles. The molecule has 0 aliphatic heterocycles. The van der Waals surface area contributed by atoms with E-state index >= 15 is 0 Å². The van der Waals surface area contributed by atoms with Crippen molar-refractivity contribution in [3.8, 4) is 0 Å². The third-order valence-electron chi connectivity index (χ3n) is 2.23. The molecule has 0 aromatic heterocycles. The van der Waals surface area contributed by atoms with Gasteiger partial charge in [0.25, 0.3) is 0 Å². The molecule has 2 N–H and O–H groups in total. The van der Waals surface area contributed by atoms with E-state index in [0.717, 1.165) is 0 Å². The first-order valence-electron chi connectivity index (χ1n) is 5.61. The summed E-state index contributed by atoms with van der Waals surface area (Å²) in [6.45, 7) is 6.65. The summed E-state index contributed by atoms with van der Waals surface area (Å²) in [4.78, 5) is 22.8. The van der Waals surface area contributed by atoms with Crippen molar-refractivity contribution < 1.29 is 14.3 Å². The minimum absolute atomic E-state index is 0.0505. The smallest absolute Gasteiger partial charge is 0.310 e. The van der Waals surface area contributed by atoms with Gasteiger partial charge in [0.1, 0.15) is 0 Å². The predicted molar refractivity (Wildman–Crippen MR) is 61.9 cm³/mol. The quantitative estimate of drug-likeness (QED) is 0.611. The van der Waals surface area contributed by atoms with Crippen LogP contribution in [0.4, 0.5) is 0 Å². The Morgan fingerprint density at radius 3 is 2.31 bits per heavy atom. The van der Waals surface area contributed by atoms with Gasteiger partial charge in [-0.1, -0.05) is 13.8 Å². The van der Waals surface area contributed by atoms with Crippen LogP contribution in [0.2, 0.25) is 0 Å². The normalized spacial score (nSPS) is 14.0. The van der Waals surface area contributed by atoms with Gasteiger partial charge in [0.2, 0.25) is 5.91 Å². The fourth-order valence-corrected chi connectivity index (χ4v) is 1.19. The Morgan fingerprint density at radius 1 is 1.19 bits per heavy atom. The number of esters is 1. The number of carbonyl (C=O) groups is 2. The number of hydrogen-bond donors (Lipinski definition) is 2. The Morgan fingerprint density at radius 2 is 1.81 bits per heavy atom. The Kier molecular flexibility index (Phi) is 7.54. The van der Waals surface area contributed by atoms with Crippen LogP contribution in [-0.4, -0.2) is 38.6 Å². The number of nitrogens with one attached hydrogen (secondary N) is 2. The Labute approximate surface area is 96.9 Å². The highest BCUT2D eigenvalue weighted by molar-refractivity contribution is 5.79. The van der Waals surface area contributed by atoms with Gasteiger partial charge in [0.05, 0.1) is 12.5 Å². The molecule has 2 unspecified atom stereocenters. The van der Waals surface area contributed by atoms with Crippen LogP contribution >= 0.6 is 0 Å². The van der Waals surface area contributed by atoms with Gasteiger partial charge in [-0.2, -0.15) is 0 Å². The van der Waals surface area contributed by atoms with Gasteiger partial charge in [-0.05, 0) is 14.0 Å². The summed E-state index contributed by atoms with van der Waals surface area (Å²) in [7, 11) is 1.80. The largest absolute Gasteiger partial charge is 0.466 e. The van der Waals surface area contributed by atoms with Gasteiger partial charge in [-0.3, -0.25) is 9.59 Å². The first kappa shape index (κ1) is 14.9. The molecule has 0 aromatic rings. The molecule has 0 aliphatic carbocycles. The zero-order chi connectivity index (χ0) is 12.6. The molecule has 0 spiro atoms. The molecule has 2 atom stereocenters. The lowest BCUT2D eigenvalue weighted by Crippen LogP contribution is -2.38. The molecule has 0 aromatic carbocycles. The summed E-state index contributed by atoms with van der Waals surface area (Å²) < 4.78 is 4.84. The minimum atomic E-state index is -0.300. The Balaban J connectivity index is 3.86. The van der Waals surface area contributed by atoms with E-state index in [2.05, 4.69) is 10.6 Å². The molecule has 5 nitrogen and oxygen atoms in total. The van der Waals surface area contributed by atoms with Crippen molar-refractivity contribution >= 4 is 11.9 Å². The van der Waals surface area contributed by atoms with Crippen LogP contribution in [0.1, 0.15) is 20.8 Å². The Bertz CT molecular complexity index is 231. The molecule has 0 bridgehead atoms. The highest BCUT2D eigenvalue weighted by Crippen LogP contribution is 1.98. The maximum absolute atomic E-state index is 11.5. The molecule has 94 valence electrons. The topological polar surface area (TPSA) is 67.4 Å². The standard InChI is InChI=1S/C11H22N2O3/c1-5-16-11(15)9(3)7-13-10(14)8(2)6-12-4/h8-9,12H,5-7H2,1-4H3,(H,13,14). The van der Waals surface area contributed by atoms with Crippen molar-refractivity contribution in [1.82, 2.24) is 10.6 Å². The molecular weight excluding hydrogens is 208 g/mol. The summed E-state index contributed by atoms with van der Waals surface area (Å²) in [5.41, 5.74) is 0. The van der Waals surface area contributed by atoms with Gasteiger partial charge >= 0.3 is 5.97 Å². The van der Waals surface area contributed by atoms with E-state index in [0.29, 0.717) is 19.7 Å². The van der Waals surface area contributed by atoms with Crippen molar-refractivity contribution in [2.45, 2.75) is 20.8 Å². The van der Waals surface area contributed by atoms with Crippen LogP contribution in [0.3, 0.4) is 0 Å². The van der Waals surface area contributed by atoms with Crippen LogP contribution in [0, 0.1) is 11.8 Å². The Hall–Kier alpha value is -1.10. The number of rotatable bonds is 7. The van der Waals surface area contributed by atoms with E-state index in [9.17, 15) is 9.59 Å². The number of hydrogen-bond acceptors (Lipinski definition) is 4. The number of carbonyl (C=O) groups excluding carboxylic acids is 2. The molecule has 0 saturated heterocycles. The highest BCUT2D eigenvalue weighted by Gasteiger charge is 2.17. The fraction of sp³-hybridized carbons (Fsp3) is 0.818. The number of amides is 1. The predicted octanol–water partition coefficient (Wildman–Crippen LogP) is 0.157. The molecule has 0 saturated carbocycles. The van der Waals surface area contributed by atoms with E-state index in [1.807, 2.05) is 6.92 Å². The zero-order valence-corrected chi connectivity index (χ0v) is 10.5. The van der Waals surface area contributed by atoms with Crippen molar-refractivity contribution in [2.75, 3.05) is 26.7 Å². The lowest BCUT2D eigenvalue weighted by Gasteiger charge is -2.14. The van der Waals surface area contributed by atoms with E-state index in [1.165, 1.54) is 0 Å². The second kappa shape index (κ2) is 8.10. The van der Waals surface area contributed by atoms with Gasteiger partial charge < -0.3 is 15.4 Å². The molecule has 0 aliphatic rings. The number of ether oxygens (including phenoxy) is 1. The summed E-state index contributed by atoms with van der Waals surface area (Å²) in [5, 5.41) is 5.65. The molecule has 16 heavy (non-hydrogen) atoms. The average molecular weight is 230 g/mol. The maximum Gasteiger partial charge on any atom is 0.310 e. The van der Waals surface area contributed by atoms with Crippen LogP contribution in [0.25, 0.3) is 0 Å². The molecule has 0 fully saturated rings. The van der Waals surface area contributed by atoms with E-state index in [-0.39, 0.29) is 23.7 Å². The third-order valence-corrected chi connectivity index (χ3v) is 2.23. The first-order chi connectivity index (χ1) is 7.52. The van der Waals surface area contributed by atoms with Crippen LogP contribution in [0.5, 0.6) is 0 Å². The highest BCUT2D eigenvalue weighted by atomic mass is 16.5. The van der Waals surface area contributed by atoms with Crippen molar-refractivity contribution in [2.24, 2.45) is 11.8 Å². The average Bonchev–Trinajstić information content (AvgIpc) is 2.25. The van der Waals surface area contributed by atoms with Crippen molar-refractivity contribution in [3.05, 3.63) is 0 Å². The van der Waals surface area contributed by atoms with Crippen LogP contribution in [-0.2, 0) is 14.3 Å². The molecule has 1 amide bonds. The van der Waals surface area contributed by atoms with E-state index in [1.54, 1.807) is 20.9 Å². The second-order valence-electron chi connectivity index (χ2n) is 3.86. The summed E-state index contributed by atoms with van der Waals surface area (Å²) >= 11 is 0. The molecule has 0 rings (SSSR count). The van der Waals surface area contributed by atoms with E-state index in [4.69, 9.17) is 4.74 Å². The SMILES string of the molecule is CCOC(=O)C(C)CNC(=O)C(C)CNC. The van der Waals surface area contributed by atoms with Gasteiger partial charge in [-0.25, -0.2) is 0 Å². The van der Waals surface area contributed by atoms with Crippen molar-refractivity contribution in [3.63, 3.8) is 0 Å². The first-order valence-corrected chi connectivity index (χ1v) is 5.61. The summed E-state index contributed by atoms with van der Waals surface area (Å²) in [6.07, 6.45) is 0. The van der Waals surface area contributed by atoms with Crippen LogP contribution < -0.4 is 10.6 Å². The maximum atomic E-state index is 11.5. The summed E-state index contributed by atoms with van der Waals surface area (Å²) in [5.74, 6) is -0.723. The van der Waals surface area contributed by atoms with E-state index < -0.39 is 0 Å². The molecular formula is C11H22N2O3. The molecule has 0 radical (unpaired) electrons. The fourth-order valence-electron chi connectivity index (χ4n) is 1.19. The second-order valence-corrected chi connectivity index (χ2v) is 3.86. The summed E-state index contributed by atoms with van der Waals surface area (Å²) in [6, 6.07) is 0. The lowest BCUT2D eigenvalue weighted by atomic mass is 10.1. The zero-order valence-electron chi connectivity index (χ0n) is 10.5. The molecule has 5 heteroatoms. The lowest BCUT2D eigenvalue weighted by molar-refractivity contribution is -0.147. The van der Waals surface area contributed by atoms with Gasteiger partial charge in [0, 0.05) is 19.0 Å². The minimum Gasteiger partial charge on any atom is -0.466 e.